The topological polar surface area (TPSA) is 84.9 Å². The summed E-state index contributed by atoms with van der Waals surface area (Å²) in [4.78, 5) is 12.6. The van der Waals surface area contributed by atoms with Crippen LogP contribution in [0.15, 0.2) is 65.6 Å². The van der Waals surface area contributed by atoms with Crippen molar-refractivity contribution in [2.24, 2.45) is 0 Å². The molecule has 0 saturated carbocycles. The van der Waals surface area contributed by atoms with E-state index < -0.39 is 15.9 Å². The zero-order valence-corrected chi connectivity index (χ0v) is 17.6. The van der Waals surface area contributed by atoms with Crippen LogP contribution in [0.4, 0.5) is 5.69 Å². The number of hydrogen-bond acceptors (Lipinski definition) is 5. The molecule has 3 aromatic rings. The van der Waals surface area contributed by atoms with Crippen molar-refractivity contribution < 1.29 is 22.7 Å². The van der Waals surface area contributed by atoms with Gasteiger partial charge in [-0.3, -0.25) is 4.79 Å². The SMILES string of the molecule is CN(C)S(=O)(=O)c1cc2c(cc1Oc1ccccc1Cl)Oc1ccccc1NC2=O. The Morgan fingerprint density at radius 2 is 1.67 bits per heavy atom. The molecule has 9 heteroatoms. The molecule has 0 atom stereocenters. The predicted molar refractivity (Wildman–Crippen MR) is 113 cm³/mol. The van der Waals surface area contributed by atoms with Crippen molar-refractivity contribution in [3.05, 3.63) is 71.2 Å². The second kappa shape index (κ2) is 7.64. The van der Waals surface area contributed by atoms with Gasteiger partial charge in [-0.05, 0) is 30.3 Å². The molecule has 0 fully saturated rings. The molecule has 154 valence electrons. The van der Waals surface area contributed by atoms with Gasteiger partial charge in [-0.1, -0.05) is 35.9 Å². The fourth-order valence-electron chi connectivity index (χ4n) is 2.89. The lowest BCUT2D eigenvalue weighted by molar-refractivity contribution is 0.102. The molecule has 1 N–H and O–H groups in total. The van der Waals surface area contributed by atoms with Gasteiger partial charge in [0.1, 0.15) is 16.4 Å². The van der Waals surface area contributed by atoms with Gasteiger partial charge in [-0.2, -0.15) is 0 Å². The van der Waals surface area contributed by atoms with E-state index in [1.54, 1.807) is 48.5 Å². The molecule has 30 heavy (non-hydrogen) atoms. The van der Waals surface area contributed by atoms with Gasteiger partial charge < -0.3 is 14.8 Å². The second-order valence-electron chi connectivity index (χ2n) is 6.67. The van der Waals surface area contributed by atoms with E-state index in [0.717, 1.165) is 4.31 Å². The van der Waals surface area contributed by atoms with Gasteiger partial charge >= 0.3 is 0 Å². The summed E-state index contributed by atoms with van der Waals surface area (Å²) in [6.45, 7) is 0. The van der Waals surface area contributed by atoms with Crippen LogP contribution >= 0.6 is 11.6 Å². The Balaban J connectivity index is 1.92. The lowest BCUT2D eigenvalue weighted by Crippen LogP contribution is -2.23. The van der Waals surface area contributed by atoms with Crippen molar-refractivity contribution in [3.8, 4) is 23.0 Å². The maximum absolute atomic E-state index is 13.0. The van der Waals surface area contributed by atoms with Gasteiger partial charge in [0.05, 0.1) is 16.3 Å². The fraction of sp³-hybridized carbons (Fsp3) is 0.0952. The number of nitrogens with zero attached hydrogens (tertiary/aromatic N) is 1. The number of halogens is 1. The number of sulfonamides is 1. The molecule has 0 saturated heterocycles. The van der Waals surface area contributed by atoms with E-state index in [2.05, 4.69) is 5.32 Å². The third-order valence-corrected chi connectivity index (χ3v) is 6.61. The first-order valence-electron chi connectivity index (χ1n) is 8.88. The fourth-order valence-corrected chi connectivity index (χ4v) is 4.08. The number of hydrogen-bond donors (Lipinski definition) is 1. The Hall–Kier alpha value is -3.07. The highest BCUT2D eigenvalue weighted by atomic mass is 35.5. The summed E-state index contributed by atoms with van der Waals surface area (Å²) in [6.07, 6.45) is 0. The average Bonchev–Trinajstić information content (AvgIpc) is 2.84. The average molecular weight is 445 g/mol. The standard InChI is InChI=1S/C21H17ClN2O5S/c1-24(2)30(26,27)20-11-13-18(12-19(20)28-16-9-5-3-7-14(16)22)29-17-10-6-4-8-15(17)23-21(13)25/h3-12H,1-2H3,(H,23,25). The molecule has 1 heterocycles. The largest absolute Gasteiger partial charge is 0.454 e. The van der Waals surface area contributed by atoms with Crippen molar-refractivity contribution in [1.82, 2.24) is 4.31 Å². The summed E-state index contributed by atoms with van der Waals surface area (Å²) in [6, 6.07) is 16.2. The van der Waals surface area contributed by atoms with Crippen LogP contribution in [0.5, 0.6) is 23.0 Å². The van der Waals surface area contributed by atoms with E-state index in [-0.39, 0.29) is 27.7 Å². The second-order valence-corrected chi connectivity index (χ2v) is 9.19. The Bertz CT molecular complexity index is 1260. The summed E-state index contributed by atoms with van der Waals surface area (Å²) >= 11 is 6.18. The lowest BCUT2D eigenvalue weighted by Gasteiger charge is -2.18. The Labute approximate surface area is 178 Å². The van der Waals surface area contributed by atoms with Crippen LogP contribution in [-0.2, 0) is 10.0 Å². The van der Waals surface area contributed by atoms with E-state index in [0.29, 0.717) is 16.5 Å². The molecule has 1 aliphatic rings. The third-order valence-electron chi connectivity index (χ3n) is 4.46. The highest BCUT2D eigenvalue weighted by Crippen LogP contribution is 2.42. The number of amides is 1. The normalized spacial score (nSPS) is 13.0. The van der Waals surface area contributed by atoms with Crippen LogP contribution in [0.2, 0.25) is 5.02 Å². The number of rotatable bonds is 4. The molecule has 3 aromatic carbocycles. The van der Waals surface area contributed by atoms with E-state index in [1.165, 1.54) is 26.2 Å². The van der Waals surface area contributed by atoms with E-state index in [4.69, 9.17) is 21.1 Å². The van der Waals surface area contributed by atoms with E-state index >= 15 is 0 Å². The smallest absolute Gasteiger partial charge is 0.259 e. The van der Waals surface area contributed by atoms with Gasteiger partial charge in [0.15, 0.2) is 11.5 Å². The first-order valence-corrected chi connectivity index (χ1v) is 10.7. The van der Waals surface area contributed by atoms with Crippen LogP contribution < -0.4 is 14.8 Å². The van der Waals surface area contributed by atoms with E-state index in [1.807, 2.05) is 0 Å². The minimum absolute atomic E-state index is 0.0114. The maximum Gasteiger partial charge on any atom is 0.259 e. The van der Waals surface area contributed by atoms with Crippen molar-refractivity contribution >= 4 is 33.2 Å². The molecular formula is C21H17ClN2O5S. The molecular weight excluding hydrogens is 428 g/mol. The molecule has 0 spiro atoms. The van der Waals surface area contributed by atoms with Crippen LogP contribution in [0, 0.1) is 0 Å². The minimum Gasteiger partial charge on any atom is -0.454 e. The summed E-state index contributed by atoms with van der Waals surface area (Å²) in [5, 5.41) is 3.04. The summed E-state index contributed by atoms with van der Waals surface area (Å²) in [5.74, 6) is 0.360. The van der Waals surface area contributed by atoms with Gasteiger partial charge in [-0.15, -0.1) is 0 Å². The number of carbonyl (C=O) groups is 1. The molecule has 7 nitrogen and oxygen atoms in total. The maximum atomic E-state index is 13.0. The molecule has 0 radical (unpaired) electrons. The molecule has 0 bridgehead atoms. The molecule has 0 aliphatic carbocycles. The van der Waals surface area contributed by atoms with Crippen molar-refractivity contribution in [2.75, 3.05) is 19.4 Å². The van der Waals surface area contributed by atoms with Gasteiger partial charge in [-0.25, -0.2) is 12.7 Å². The number of carbonyl (C=O) groups excluding carboxylic acids is 1. The predicted octanol–water partition coefficient (Wildman–Crippen LogP) is 4.74. The number of fused-ring (bicyclic) bond motifs is 2. The zero-order chi connectivity index (χ0) is 21.5. The van der Waals surface area contributed by atoms with Crippen molar-refractivity contribution in [1.29, 1.82) is 0 Å². The Morgan fingerprint density at radius 3 is 2.40 bits per heavy atom. The highest BCUT2D eigenvalue weighted by molar-refractivity contribution is 7.89. The summed E-state index contributed by atoms with van der Waals surface area (Å²) in [7, 11) is -1.16. The van der Waals surface area contributed by atoms with Gasteiger partial charge in [0.25, 0.3) is 5.91 Å². The van der Waals surface area contributed by atoms with Crippen molar-refractivity contribution in [3.63, 3.8) is 0 Å². The molecule has 1 amide bonds. The molecule has 0 aromatic heterocycles. The first kappa shape index (κ1) is 20.2. The number of benzene rings is 3. The highest BCUT2D eigenvalue weighted by Gasteiger charge is 2.30. The number of nitrogens with one attached hydrogen (secondary N) is 1. The zero-order valence-electron chi connectivity index (χ0n) is 16.0. The third kappa shape index (κ3) is 3.60. The van der Waals surface area contributed by atoms with Crippen LogP contribution in [0.1, 0.15) is 10.4 Å². The van der Waals surface area contributed by atoms with Crippen molar-refractivity contribution in [2.45, 2.75) is 4.90 Å². The molecule has 0 unspecified atom stereocenters. The minimum atomic E-state index is -3.95. The van der Waals surface area contributed by atoms with Gasteiger partial charge in [0, 0.05) is 20.2 Å². The summed E-state index contributed by atoms with van der Waals surface area (Å²) in [5.41, 5.74) is 0.544. The number of anilines is 1. The van der Waals surface area contributed by atoms with Gasteiger partial charge in [0.2, 0.25) is 10.0 Å². The van der Waals surface area contributed by atoms with E-state index in [9.17, 15) is 13.2 Å². The van der Waals surface area contributed by atoms with Crippen LogP contribution in [0.3, 0.4) is 0 Å². The number of para-hydroxylation sites is 3. The van der Waals surface area contributed by atoms with Crippen LogP contribution in [0.25, 0.3) is 0 Å². The number of ether oxygens (including phenoxy) is 2. The monoisotopic (exact) mass is 444 g/mol. The Kier molecular flexibility index (Phi) is 5.15. The quantitative estimate of drug-likeness (QED) is 0.628. The Morgan fingerprint density at radius 1 is 0.967 bits per heavy atom. The molecule has 1 aliphatic heterocycles. The summed E-state index contributed by atoms with van der Waals surface area (Å²) < 4.78 is 38.7. The first-order chi connectivity index (χ1) is 14.3. The van der Waals surface area contributed by atoms with Crippen LogP contribution in [-0.4, -0.2) is 32.7 Å². The lowest BCUT2D eigenvalue weighted by atomic mass is 10.1. The molecule has 4 rings (SSSR count).